The van der Waals surface area contributed by atoms with Gasteiger partial charge in [-0.05, 0) is 43.1 Å². The normalized spacial score (nSPS) is 16.6. The van der Waals surface area contributed by atoms with Crippen LogP contribution in [0.1, 0.15) is 34.3 Å². The molecule has 0 bridgehead atoms. The number of hydrogen-bond donors (Lipinski definition) is 1. The molecule has 4 rings (SSSR count). The summed E-state index contributed by atoms with van der Waals surface area (Å²) in [5.41, 5.74) is 2.72. The van der Waals surface area contributed by atoms with Crippen LogP contribution < -0.4 is 5.32 Å². The third-order valence-electron chi connectivity index (χ3n) is 5.65. The van der Waals surface area contributed by atoms with Crippen molar-refractivity contribution in [2.45, 2.75) is 19.4 Å². The fourth-order valence-corrected chi connectivity index (χ4v) is 4.22. The van der Waals surface area contributed by atoms with Crippen molar-refractivity contribution < 1.29 is 9.59 Å². The van der Waals surface area contributed by atoms with Gasteiger partial charge >= 0.3 is 0 Å². The van der Waals surface area contributed by atoms with Crippen LogP contribution in [-0.4, -0.2) is 29.7 Å². The standard InChI is InChI=1S/C26H25ClN2O2/c27-22-13-14-24(23(16-22)25(30)20-10-5-2-6-11-20)28-26(31)21-12-7-15-29(18-21)17-19-8-3-1-4-9-19/h1-6,8-11,13-14,16,21H,7,12,15,17-18H2,(H,28,31)/t21-/m1/s1. The Kier molecular flexibility index (Phi) is 6.80. The van der Waals surface area contributed by atoms with Crippen LogP contribution in [0.3, 0.4) is 0 Å². The van der Waals surface area contributed by atoms with Crippen molar-refractivity contribution >= 4 is 29.0 Å². The average Bonchev–Trinajstić information content (AvgIpc) is 2.81. The molecule has 4 nitrogen and oxygen atoms in total. The first-order valence-electron chi connectivity index (χ1n) is 10.6. The number of nitrogens with zero attached hydrogens (tertiary/aromatic N) is 1. The molecule has 0 aromatic heterocycles. The van der Waals surface area contributed by atoms with Crippen LogP contribution >= 0.6 is 11.6 Å². The van der Waals surface area contributed by atoms with E-state index >= 15 is 0 Å². The first kappa shape index (κ1) is 21.3. The number of benzene rings is 3. The summed E-state index contributed by atoms with van der Waals surface area (Å²) in [5.74, 6) is -0.331. The van der Waals surface area contributed by atoms with Crippen LogP contribution in [0.15, 0.2) is 78.9 Å². The summed E-state index contributed by atoms with van der Waals surface area (Å²) in [7, 11) is 0. The number of amides is 1. The van der Waals surface area contributed by atoms with E-state index in [1.54, 1.807) is 30.3 Å². The summed E-state index contributed by atoms with van der Waals surface area (Å²) in [4.78, 5) is 28.4. The number of piperidine rings is 1. The lowest BCUT2D eigenvalue weighted by molar-refractivity contribution is -0.121. The Morgan fingerprint density at radius 1 is 0.968 bits per heavy atom. The number of nitrogens with one attached hydrogen (secondary N) is 1. The van der Waals surface area contributed by atoms with E-state index in [0.717, 1.165) is 25.9 Å². The van der Waals surface area contributed by atoms with Crippen LogP contribution in [0.25, 0.3) is 0 Å². The number of anilines is 1. The van der Waals surface area contributed by atoms with Gasteiger partial charge in [-0.3, -0.25) is 14.5 Å². The van der Waals surface area contributed by atoms with Crippen LogP contribution in [0.2, 0.25) is 5.02 Å². The zero-order chi connectivity index (χ0) is 21.6. The second-order valence-corrected chi connectivity index (χ2v) is 8.37. The average molecular weight is 433 g/mol. The van der Waals surface area contributed by atoms with E-state index in [4.69, 9.17) is 11.6 Å². The van der Waals surface area contributed by atoms with Crippen molar-refractivity contribution in [2.24, 2.45) is 5.92 Å². The van der Waals surface area contributed by atoms with E-state index in [1.807, 2.05) is 36.4 Å². The maximum atomic E-state index is 13.1. The van der Waals surface area contributed by atoms with Crippen molar-refractivity contribution in [3.8, 4) is 0 Å². The Labute approximate surface area is 187 Å². The first-order chi connectivity index (χ1) is 15.1. The van der Waals surface area contributed by atoms with E-state index in [-0.39, 0.29) is 17.6 Å². The third kappa shape index (κ3) is 5.40. The summed E-state index contributed by atoms with van der Waals surface area (Å²) < 4.78 is 0. The summed E-state index contributed by atoms with van der Waals surface area (Å²) in [6.45, 7) is 2.52. The lowest BCUT2D eigenvalue weighted by Gasteiger charge is -2.32. The minimum Gasteiger partial charge on any atom is -0.325 e. The molecule has 1 aliphatic rings. The topological polar surface area (TPSA) is 49.4 Å². The molecule has 0 saturated carbocycles. The summed E-state index contributed by atoms with van der Waals surface area (Å²) in [5, 5.41) is 3.46. The molecule has 1 amide bonds. The molecule has 5 heteroatoms. The largest absolute Gasteiger partial charge is 0.325 e. The molecule has 1 aliphatic heterocycles. The van der Waals surface area contributed by atoms with E-state index < -0.39 is 0 Å². The van der Waals surface area contributed by atoms with Crippen LogP contribution in [0.5, 0.6) is 0 Å². The minimum atomic E-state index is -0.159. The molecule has 1 fully saturated rings. The number of halogens is 1. The van der Waals surface area contributed by atoms with Crippen molar-refractivity contribution in [1.82, 2.24) is 4.90 Å². The summed E-state index contributed by atoms with van der Waals surface area (Å²) >= 11 is 6.16. The number of carbonyl (C=O) groups is 2. The predicted molar refractivity (Wildman–Crippen MR) is 124 cm³/mol. The quantitative estimate of drug-likeness (QED) is 0.529. The van der Waals surface area contributed by atoms with Gasteiger partial charge in [0.2, 0.25) is 5.91 Å². The first-order valence-corrected chi connectivity index (χ1v) is 10.9. The zero-order valence-corrected chi connectivity index (χ0v) is 18.0. The van der Waals surface area contributed by atoms with Crippen molar-refractivity contribution in [1.29, 1.82) is 0 Å². The van der Waals surface area contributed by atoms with Crippen molar-refractivity contribution in [3.63, 3.8) is 0 Å². The molecule has 0 aliphatic carbocycles. The van der Waals surface area contributed by atoms with Gasteiger partial charge in [0, 0.05) is 29.2 Å². The molecular weight excluding hydrogens is 408 g/mol. The zero-order valence-electron chi connectivity index (χ0n) is 17.3. The second kappa shape index (κ2) is 9.90. The molecule has 31 heavy (non-hydrogen) atoms. The molecule has 3 aromatic carbocycles. The number of ketones is 1. The molecule has 1 atom stereocenters. The van der Waals surface area contributed by atoms with Gasteiger partial charge in [0.05, 0.1) is 11.6 Å². The molecule has 3 aromatic rings. The van der Waals surface area contributed by atoms with E-state index in [2.05, 4.69) is 22.3 Å². The summed E-state index contributed by atoms with van der Waals surface area (Å²) in [6.07, 6.45) is 1.81. The van der Waals surface area contributed by atoms with Gasteiger partial charge in [-0.25, -0.2) is 0 Å². The minimum absolute atomic E-state index is 0.0535. The fraction of sp³-hybridized carbons (Fsp3) is 0.231. The highest BCUT2D eigenvalue weighted by Crippen LogP contribution is 2.26. The summed E-state index contributed by atoms with van der Waals surface area (Å²) in [6, 6.07) is 24.4. The molecule has 0 unspecified atom stereocenters. The maximum absolute atomic E-state index is 13.1. The van der Waals surface area contributed by atoms with E-state index in [1.165, 1.54) is 5.56 Å². The van der Waals surface area contributed by atoms with Crippen molar-refractivity contribution in [3.05, 3.63) is 101 Å². The Bertz CT molecular complexity index is 1050. The van der Waals surface area contributed by atoms with E-state index in [9.17, 15) is 9.59 Å². The Morgan fingerprint density at radius 3 is 2.42 bits per heavy atom. The van der Waals surface area contributed by atoms with Gasteiger partial charge in [0.25, 0.3) is 0 Å². The Balaban J connectivity index is 1.47. The molecule has 1 heterocycles. The number of likely N-dealkylation sites (tertiary alicyclic amines) is 1. The Hall–Kier alpha value is -2.95. The number of carbonyl (C=O) groups excluding carboxylic acids is 2. The highest BCUT2D eigenvalue weighted by molar-refractivity contribution is 6.31. The van der Waals surface area contributed by atoms with Crippen LogP contribution in [0, 0.1) is 5.92 Å². The molecule has 1 N–H and O–H groups in total. The number of rotatable bonds is 6. The van der Waals surface area contributed by atoms with Gasteiger partial charge in [-0.2, -0.15) is 0 Å². The number of hydrogen-bond acceptors (Lipinski definition) is 3. The fourth-order valence-electron chi connectivity index (χ4n) is 4.05. The third-order valence-corrected chi connectivity index (χ3v) is 5.88. The van der Waals surface area contributed by atoms with Crippen LogP contribution in [-0.2, 0) is 11.3 Å². The monoisotopic (exact) mass is 432 g/mol. The molecule has 1 saturated heterocycles. The lowest BCUT2D eigenvalue weighted by Crippen LogP contribution is -2.40. The highest BCUT2D eigenvalue weighted by Gasteiger charge is 2.27. The van der Waals surface area contributed by atoms with Gasteiger partial charge in [-0.15, -0.1) is 0 Å². The molecule has 158 valence electrons. The Morgan fingerprint density at radius 2 is 1.68 bits per heavy atom. The van der Waals surface area contributed by atoms with Crippen LogP contribution in [0.4, 0.5) is 5.69 Å². The van der Waals surface area contributed by atoms with Gasteiger partial charge in [0.15, 0.2) is 5.78 Å². The lowest BCUT2D eigenvalue weighted by atomic mass is 9.96. The van der Waals surface area contributed by atoms with E-state index in [0.29, 0.717) is 28.4 Å². The second-order valence-electron chi connectivity index (χ2n) is 7.93. The maximum Gasteiger partial charge on any atom is 0.228 e. The predicted octanol–water partition coefficient (Wildman–Crippen LogP) is 5.42. The smallest absolute Gasteiger partial charge is 0.228 e. The van der Waals surface area contributed by atoms with Gasteiger partial charge in [0.1, 0.15) is 0 Å². The molecular formula is C26H25ClN2O2. The highest BCUT2D eigenvalue weighted by atomic mass is 35.5. The van der Waals surface area contributed by atoms with Gasteiger partial charge < -0.3 is 5.32 Å². The van der Waals surface area contributed by atoms with Gasteiger partial charge in [-0.1, -0.05) is 72.3 Å². The molecule has 0 spiro atoms. The van der Waals surface area contributed by atoms with Crippen molar-refractivity contribution in [2.75, 3.05) is 18.4 Å². The molecule has 0 radical (unpaired) electrons. The SMILES string of the molecule is O=C(c1ccccc1)c1cc(Cl)ccc1NC(=O)[C@@H]1CCCN(Cc2ccccc2)C1.